The first-order valence-electron chi connectivity index (χ1n) is 7.91. The Morgan fingerprint density at radius 3 is 2.46 bits per heavy atom. The van der Waals surface area contributed by atoms with Gasteiger partial charge in [-0.3, -0.25) is 0 Å². The normalized spacial score (nSPS) is 11.0. The van der Waals surface area contributed by atoms with E-state index in [1.165, 1.54) is 0 Å². The first-order chi connectivity index (χ1) is 11.6. The van der Waals surface area contributed by atoms with Gasteiger partial charge in [0, 0.05) is 36.8 Å². The van der Waals surface area contributed by atoms with Crippen molar-refractivity contribution < 1.29 is 9.47 Å². The van der Waals surface area contributed by atoms with Gasteiger partial charge in [-0.15, -0.1) is 0 Å². The molecule has 0 aliphatic carbocycles. The van der Waals surface area contributed by atoms with E-state index in [0.29, 0.717) is 5.92 Å². The van der Waals surface area contributed by atoms with Crippen molar-refractivity contribution in [3.63, 3.8) is 0 Å². The monoisotopic (exact) mass is 326 g/mol. The van der Waals surface area contributed by atoms with E-state index in [2.05, 4.69) is 24.1 Å². The Labute approximate surface area is 141 Å². The molecule has 0 aliphatic heterocycles. The summed E-state index contributed by atoms with van der Waals surface area (Å²) in [6.45, 7) is 5.15. The fourth-order valence-electron chi connectivity index (χ4n) is 2.45. The van der Waals surface area contributed by atoms with Gasteiger partial charge in [-0.25, -0.2) is 9.97 Å². The number of rotatable bonds is 6. The van der Waals surface area contributed by atoms with Gasteiger partial charge in [0.05, 0.1) is 19.9 Å². The molecular formula is C18H22N4O2. The van der Waals surface area contributed by atoms with Crippen LogP contribution in [0, 0.1) is 5.92 Å². The van der Waals surface area contributed by atoms with Crippen molar-refractivity contribution >= 4 is 11.5 Å². The molecule has 0 unspecified atom stereocenters. The van der Waals surface area contributed by atoms with Crippen molar-refractivity contribution in [1.29, 1.82) is 0 Å². The molecular weight excluding hydrogens is 304 g/mol. The van der Waals surface area contributed by atoms with Crippen LogP contribution in [0.5, 0.6) is 11.5 Å². The molecule has 1 N–H and O–H groups in total. The fraction of sp³-hybridized carbons (Fsp3) is 0.333. The minimum Gasteiger partial charge on any atom is -0.497 e. The van der Waals surface area contributed by atoms with Gasteiger partial charge >= 0.3 is 0 Å². The van der Waals surface area contributed by atoms with Crippen LogP contribution in [0.15, 0.2) is 36.8 Å². The lowest BCUT2D eigenvalue weighted by molar-refractivity contribution is 0.394. The van der Waals surface area contributed by atoms with Gasteiger partial charge < -0.3 is 19.2 Å². The van der Waals surface area contributed by atoms with E-state index in [9.17, 15) is 0 Å². The number of aromatic nitrogens is 3. The first kappa shape index (κ1) is 16.1. The predicted octanol–water partition coefficient (Wildman–Crippen LogP) is 3.48. The Morgan fingerprint density at radius 1 is 1.12 bits per heavy atom. The smallest absolute Gasteiger partial charge is 0.180 e. The molecule has 0 aliphatic rings. The highest BCUT2D eigenvalue weighted by atomic mass is 16.5. The average molecular weight is 326 g/mol. The van der Waals surface area contributed by atoms with Crippen molar-refractivity contribution in [2.24, 2.45) is 5.92 Å². The van der Waals surface area contributed by atoms with Gasteiger partial charge in [0.15, 0.2) is 11.5 Å². The molecule has 6 heteroatoms. The van der Waals surface area contributed by atoms with Gasteiger partial charge in [-0.05, 0) is 18.1 Å². The molecule has 0 fully saturated rings. The summed E-state index contributed by atoms with van der Waals surface area (Å²) in [7, 11) is 3.28. The molecule has 0 radical (unpaired) electrons. The summed E-state index contributed by atoms with van der Waals surface area (Å²) in [5.74, 6) is 2.75. The Balaban J connectivity index is 2.09. The Morgan fingerprint density at radius 2 is 1.83 bits per heavy atom. The van der Waals surface area contributed by atoms with Crippen LogP contribution in [0.3, 0.4) is 0 Å². The molecule has 6 nitrogen and oxygen atoms in total. The fourth-order valence-corrected chi connectivity index (χ4v) is 2.45. The molecule has 3 rings (SSSR count). The zero-order valence-electron chi connectivity index (χ0n) is 14.4. The Hall–Kier alpha value is -2.76. The van der Waals surface area contributed by atoms with Crippen molar-refractivity contribution in [3.05, 3.63) is 36.8 Å². The van der Waals surface area contributed by atoms with Crippen LogP contribution >= 0.6 is 0 Å². The highest BCUT2D eigenvalue weighted by Gasteiger charge is 2.11. The van der Waals surface area contributed by atoms with Gasteiger partial charge in [0.25, 0.3) is 0 Å². The van der Waals surface area contributed by atoms with E-state index in [1.807, 2.05) is 35.0 Å². The number of methoxy groups -OCH3 is 2. The summed E-state index contributed by atoms with van der Waals surface area (Å²) in [4.78, 5) is 9.15. The van der Waals surface area contributed by atoms with Crippen molar-refractivity contribution in [2.75, 3.05) is 26.1 Å². The quantitative estimate of drug-likeness (QED) is 0.751. The third kappa shape index (κ3) is 3.27. The van der Waals surface area contributed by atoms with Gasteiger partial charge in [0.2, 0.25) is 0 Å². The Kier molecular flexibility index (Phi) is 4.55. The van der Waals surface area contributed by atoms with Crippen LogP contribution in [-0.4, -0.2) is 35.1 Å². The standard InChI is InChI=1S/C18H22N4O2/c1-12(2)10-20-17-18-19-5-6-22(18)11-16(21-17)13-7-14(23-3)9-15(8-13)24-4/h5-9,11-12H,10H2,1-4H3,(H,20,21). The van der Waals surface area contributed by atoms with E-state index in [0.717, 1.165) is 40.8 Å². The van der Waals surface area contributed by atoms with Gasteiger partial charge in [-0.2, -0.15) is 0 Å². The highest BCUT2D eigenvalue weighted by molar-refractivity contribution is 5.70. The van der Waals surface area contributed by atoms with Crippen LogP contribution in [0.1, 0.15) is 13.8 Å². The number of hydrogen-bond donors (Lipinski definition) is 1. The number of anilines is 1. The molecule has 2 heterocycles. The van der Waals surface area contributed by atoms with Crippen LogP contribution in [0.4, 0.5) is 5.82 Å². The molecule has 3 aromatic rings. The highest BCUT2D eigenvalue weighted by Crippen LogP contribution is 2.30. The molecule has 24 heavy (non-hydrogen) atoms. The van der Waals surface area contributed by atoms with Gasteiger partial charge in [-0.1, -0.05) is 13.8 Å². The second-order valence-corrected chi connectivity index (χ2v) is 6.01. The third-order valence-corrected chi connectivity index (χ3v) is 3.70. The molecule has 126 valence electrons. The minimum absolute atomic E-state index is 0.516. The van der Waals surface area contributed by atoms with Crippen LogP contribution in [-0.2, 0) is 0 Å². The second kappa shape index (κ2) is 6.78. The predicted molar refractivity (Wildman–Crippen MR) is 94.9 cm³/mol. The van der Waals surface area contributed by atoms with Crippen molar-refractivity contribution in [1.82, 2.24) is 14.4 Å². The van der Waals surface area contributed by atoms with E-state index >= 15 is 0 Å². The lowest BCUT2D eigenvalue weighted by atomic mass is 10.1. The summed E-state index contributed by atoms with van der Waals surface area (Å²) in [6, 6.07) is 5.73. The van der Waals surface area contributed by atoms with E-state index < -0.39 is 0 Å². The number of fused-ring (bicyclic) bond motifs is 1. The zero-order chi connectivity index (χ0) is 17.1. The topological polar surface area (TPSA) is 60.7 Å². The minimum atomic E-state index is 0.516. The van der Waals surface area contributed by atoms with Gasteiger partial charge in [0.1, 0.15) is 11.5 Å². The first-order valence-corrected chi connectivity index (χ1v) is 7.91. The second-order valence-electron chi connectivity index (χ2n) is 6.01. The number of imidazole rings is 1. The molecule has 0 amide bonds. The number of ether oxygens (including phenoxy) is 2. The van der Waals surface area contributed by atoms with Crippen LogP contribution in [0.25, 0.3) is 16.9 Å². The molecule has 1 aromatic carbocycles. The van der Waals surface area contributed by atoms with Crippen LogP contribution in [0.2, 0.25) is 0 Å². The summed E-state index contributed by atoms with van der Waals surface area (Å²) in [5, 5.41) is 3.38. The number of hydrogen-bond acceptors (Lipinski definition) is 5. The van der Waals surface area contributed by atoms with Crippen molar-refractivity contribution in [2.45, 2.75) is 13.8 Å². The van der Waals surface area contributed by atoms with E-state index in [-0.39, 0.29) is 0 Å². The number of nitrogens with one attached hydrogen (secondary N) is 1. The molecule has 0 spiro atoms. The summed E-state index contributed by atoms with van der Waals surface area (Å²) >= 11 is 0. The lowest BCUT2D eigenvalue weighted by Gasteiger charge is -2.12. The summed E-state index contributed by atoms with van der Waals surface area (Å²) in [5.41, 5.74) is 2.56. The lowest BCUT2D eigenvalue weighted by Crippen LogP contribution is -2.11. The zero-order valence-corrected chi connectivity index (χ0v) is 14.4. The summed E-state index contributed by atoms with van der Waals surface area (Å²) in [6.07, 6.45) is 5.64. The number of nitrogens with zero attached hydrogens (tertiary/aromatic N) is 3. The maximum Gasteiger partial charge on any atom is 0.180 e. The molecule has 0 saturated carbocycles. The molecule has 0 atom stereocenters. The SMILES string of the molecule is COc1cc(OC)cc(-c2cn3ccnc3c(NCC(C)C)n2)c1. The maximum absolute atomic E-state index is 5.36. The molecule has 2 aromatic heterocycles. The van der Waals surface area contributed by atoms with Crippen molar-refractivity contribution in [3.8, 4) is 22.8 Å². The Bertz CT molecular complexity index is 820. The average Bonchev–Trinajstić information content (AvgIpc) is 3.07. The van der Waals surface area contributed by atoms with Crippen LogP contribution < -0.4 is 14.8 Å². The van der Waals surface area contributed by atoms with E-state index in [4.69, 9.17) is 14.5 Å². The molecule has 0 bridgehead atoms. The van der Waals surface area contributed by atoms with E-state index in [1.54, 1.807) is 20.4 Å². The largest absolute Gasteiger partial charge is 0.497 e. The summed E-state index contributed by atoms with van der Waals surface area (Å²) < 4.78 is 12.7. The molecule has 0 saturated heterocycles. The maximum atomic E-state index is 5.36. The third-order valence-electron chi connectivity index (χ3n) is 3.70. The number of benzene rings is 1.